The van der Waals surface area contributed by atoms with E-state index in [1.165, 1.54) is 18.2 Å². The number of nitrogen functional groups attached to an aromatic ring is 1. The number of carboxylic acid groups (broad SMARTS) is 1. The molecule has 28 heavy (non-hydrogen) atoms. The highest BCUT2D eigenvalue weighted by molar-refractivity contribution is 6.09. The lowest BCUT2D eigenvalue weighted by Crippen LogP contribution is -2.07. The van der Waals surface area contributed by atoms with Gasteiger partial charge in [-0.3, -0.25) is 0 Å². The number of rotatable bonds is 3. The van der Waals surface area contributed by atoms with Crippen molar-refractivity contribution in [3.63, 3.8) is 0 Å². The van der Waals surface area contributed by atoms with E-state index in [9.17, 15) is 18.7 Å². The molecule has 0 fully saturated rings. The molecule has 3 aromatic carbocycles. The minimum absolute atomic E-state index is 0.0516. The maximum Gasteiger partial charge on any atom is 0.338 e. The van der Waals surface area contributed by atoms with E-state index >= 15 is 0 Å². The smallest absolute Gasteiger partial charge is 0.338 e. The first-order chi connectivity index (χ1) is 13.5. The van der Waals surface area contributed by atoms with Crippen molar-refractivity contribution in [1.29, 1.82) is 0 Å². The SMILES string of the molecule is Nc1c(-c2ccc(-c3ccccc3F)cc2)nc2ccc(F)cc2c1C(=O)O. The summed E-state index contributed by atoms with van der Waals surface area (Å²) < 4.78 is 27.6. The molecule has 4 nitrogen and oxygen atoms in total. The van der Waals surface area contributed by atoms with Crippen molar-refractivity contribution in [3.8, 4) is 22.4 Å². The molecule has 0 radical (unpaired) electrons. The Bertz CT molecular complexity index is 1220. The second-order valence-electron chi connectivity index (χ2n) is 6.27. The zero-order chi connectivity index (χ0) is 19.8. The molecule has 0 bridgehead atoms. The van der Waals surface area contributed by atoms with Crippen molar-refractivity contribution < 1.29 is 18.7 Å². The minimum atomic E-state index is -1.26. The Balaban J connectivity index is 1.88. The van der Waals surface area contributed by atoms with Crippen molar-refractivity contribution in [2.75, 3.05) is 5.73 Å². The molecule has 0 atom stereocenters. The molecule has 0 unspecified atom stereocenters. The number of anilines is 1. The van der Waals surface area contributed by atoms with Crippen LogP contribution in [-0.2, 0) is 0 Å². The van der Waals surface area contributed by atoms with Crippen LogP contribution < -0.4 is 5.73 Å². The van der Waals surface area contributed by atoms with Crippen LogP contribution in [0.1, 0.15) is 10.4 Å². The van der Waals surface area contributed by atoms with Crippen LogP contribution in [0.3, 0.4) is 0 Å². The van der Waals surface area contributed by atoms with Gasteiger partial charge in [0.05, 0.1) is 22.5 Å². The predicted octanol–water partition coefficient (Wildman–Crippen LogP) is 5.13. The molecule has 0 spiro atoms. The van der Waals surface area contributed by atoms with Crippen LogP contribution in [-0.4, -0.2) is 16.1 Å². The summed E-state index contributed by atoms with van der Waals surface area (Å²) in [5.74, 6) is -2.17. The minimum Gasteiger partial charge on any atom is -0.478 e. The van der Waals surface area contributed by atoms with Crippen LogP contribution in [0.5, 0.6) is 0 Å². The van der Waals surface area contributed by atoms with Gasteiger partial charge in [0.25, 0.3) is 0 Å². The molecule has 0 aliphatic heterocycles. The third kappa shape index (κ3) is 2.95. The van der Waals surface area contributed by atoms with Gasteiger partial charge in [-0.05, 0) is 29.8 Å². The highest BCUT2D eigenvalue weighted by atomic mass is 19.1. The summed E-state index contributed by atoms with van der Waals surface area (Å²) in [6.45, 7) is 0. The molecular formula is C22H14F2N2O2. The molecule has 0 saturated carbocycles. The third-order valence-corrected chi connectivity index (χ3v) is 4.54. The fourth-order valence-electron chi connectivity index (χ4n) is 3.20. The van der Waals surface area contributed by atoms with E-state index in [1.807, 2.05) is 0 Å². The molecule has 4 aromatic rings. The number of benzene rings is 3. The van der Waals surface area contributed by atoms with Gasteiger partial charge in [-0.25, -0.2) is 18.6 Å². The Hall–Kier alpha value is -3.80. The fourth-order valence-corrected chi connectivity index (χ4v) is 3.20. The number of aromatic carboxylic acids is 1. The molecule has 6 heteroatoms. The first-order valence-electron chi connectivity index (χ1n) is 8.43. The summed E-state index contributed by atoms with van der Waals surface area (Å²) in [7, 11) is 0. The number of hydrogen-bond donors (Lipinski definition) is 2. The Morgan fingerprint density at radius 2 is 1.61 bits per heavy atom. The Morgan fingerprint density at radius 1 is 0.929 bits per heavy atom. The Kier molecular flexibility index (Phi) is 4.24. The van der Waals surface area contributed by atoms with E-state index in [0.29, 0.717) is 22.2 Å². The van der Waals surface area contributed by atoms with Crippen LogP contribution in [0.2, 0.25) is 0 Å². The summed E-state index contributed by atoms with van der Waals surface area (Å²) >= 11 is 0. The summed E-state index contributed by atoms with van der Waals surface area (Å²) in [6.07, 6.45) is 0. The Morgan fingerprint density at radius 3 is 2.29 bits per heavy atom. The van der Waals surface area contributed by atoms with E-state index < -0.39 is 11.8 Å². The monoisotopic (exact) mass is 376 g/mol. The highest BCUT2D eigenvalue weighted by Gasteiger charge is 2.20. The molecule has 138 valence electrons. The maximum atomic E-state index is 14.0. The number of halogens is 2. The lowest BCUT2D eigenvalue weighted by atomic mass is 9.99. The predicted molar refractivity (Wildman–Crippen MR) is 104 cm³/mol. The summed E-state index contributed by atoms with van der Waals surface area (Å²) in [5.41, 5.74) is 8.12. The average molecular weight is 376 g/mol. The van der Waals surface area contributed by atoms with Crippen molar-refractivity contribution >= 4 is 22.6 Å². The Labute approximate surface area is 158 Å². The van der Waals surface area contributed by atoms with Crippen LogP contribution in [0.4, 0.5) is 14.5 Å². The lowest BCUT2D eigenvalue weighted by Gasteiger charge is -2.12. The van der Waals surface area contributed by atoms with E-state index in [2.05, 4.69) is 4.98 Å². The highest BCUT2D eigenvalue weighted by Crippen LogP contribution is 2.34. The number of nitrogens with two attached hydrogens (primary N) is 1. The normalized spacial score (nSPS) is 10.9. The van der Waals surface area contributed by atoms with E-state index in [1.54, 1.807) is 42.5 Å². The van der Waals surface area contributed by atoms with Crippen molar-refractivity contribution in [3.05, 3.63) is 83.9 Å². The number of nitrogens with zero attached hydrogens (tertiary/aromatic N) is 1. The van der Waals surface area contributed by atoms with Gasteiger partial charge in [0, 0.05) is 16.5 Å². The summed E-state index contributed by atoms with van der Waals surface area (Å²) in [5, 5.41) is 9.71. The first kappa shape index (κ1) is 17.6. The largest absolute Gasteiger partial charge is 0.478 e. The molecule has 0 aliphatic carbocycles. The summed E-state index contributed by atoms with van der Waals surface area (Å²) in [4.78, 5) is 16.2. The van der Waals surface area contributed by atoms with Crippen LogP contribution >= 0.6 is 0 Å². The topological polar surface area (TPSA) is 76.2 Å². The van der Waals surface area contributed by atoms with Crippen molar-refractivity contribution in [1.82, 2.24) is 4.98 Å². The second kappa shape index (κ2) is 6.74. The van der Waals surface area contributed by atoms with Gasteiger partial charge in [0.1, 0.15) is 11.6 Å². The average Bonchev–Trinajstić information content (AvgIpc) is 2.68. The number of fused-ring (bicyclic) bond motifs is 1. The number of hydrogen-bond acceptors (Lipinski definition) is 3. The lowest BCUT2D eigenvalue weighted by molar-refractivity contribution is 0.0700. The molecule has 0 aliphatic rings. The van der Waals surface area contributed by atoms with Crippen molar-refractivity contribution in [2.45, 2.75) is 0 Å². The van der Waals surface area contributed by atoms with Crippen LogP contribution in [0, 0.1) is 11.6 Å². The van der Waals surface area contributed by atoms with Gasteiger partial charge >= 0.3 is 5.97 Å². The van der Waals surface area contributed by atoms with E-state index in [4.69, 9.17) is 5.73 Å². The van der Waals surface area contributed by atoms with Gasteiger partial charge in [-0.1, -0.05) is 42.5 Å². The van der Waals surface area contributed by atoms with E-state index in [-0.39, 0.29) is 28.1 Å². The number of pyridine rings is 1. The molecule has 0 amide bonds. The molecule has 1 aromatic heterocycles. The summed E-state index contributed by atoms with van der Waals surface area (Å²) in [6, 6.07) is 16.9. The second-order valence-corrected chi connectivity index (χ2v) is 6.27. The van der Waals surface area contributed by atoms with Crippen LogP contribution in [0.25, 0.3) is 33.3 Å². The fraction of sp³-hybridized carbons (Fsp3) is 0. The van der Waals surface area contributed by atoms with Crippen LogP contribution in [0.15, 0.2) is 66.7 Å². The number of carbonyl (C=O) groups is 1. The molecule has 0 saturated heterocycles. The number of aromatic nitrogens is 1. The van der Waals surface area contributed by atoms with Gasteiger partial charge in [-0.2, -0.15) is 0 Å². The molecule has 1 heterocycles. The molecular weight excluding hydrogens is 362 g/mol. The van der Waals surface area contributed by atoms with E-state index in [0.717, 1.165) is 6.07 Å². The maximum absolute atomic E-state index is 14.0. The molecule has 4 rings (SSSR count). The molecule has 3 N–H and O–H groups in total. The van der Waals surface area contributed by atoms with Gasteiger partial charge in [0.2, 0.25) is 0 Å². The zero-order valence-corrected chi connectivity index (χ0v) is 14.5. The standard InChI is InChI=1S/C22H14F2N2O2/c23-14-9-10-18-16(11-14)19(22(27)28)20(25)21(26-18)13-7-5-12(6-8-13)15-3-1-2-4-17(15)24/h1-11H,25H2,(H,27,28). The van der Waals surface area contributed by atoms with Gasteiger partial charge in [-0.15, -0.1) is 0 Å². The zero-order valence-electron chi connectivity index (χ0n) is 14.5. The third-order valence-electron chi connectivity index (χ3n) is 4.54. The first-order valence-corrected chi connectivity index (χ1v) is 8.43. The van der Waals surface area contributed by atoms with Gasteiger partial charge in [0.15, 0.2) is 0 Å². The quantitative estimate of drug-likeness (QED) is 0.520. The number of carboxylic acids is 1. The van der Waals surface area contributed by atoms with Crippen molar-refractivity contribution in [2.24, 2.45) is 0 Å². The van der Waals surface area contributed by atoms with Gasteiger partial charge < -0.3 is 10.8 Å².